The molecule has 0 spiro atoms. The fraction of sp³-hybridized carbons (Fsp3) is 0.556. The van der Waals surface area contributed by atoms with Crippen LogP contribution in [0.3, 0.4) is 0 Å². The zero-order valence-corrected chi connectivity index (χ0v) is 15.0. The molecule has 1 fully saturated rings. The molecule has 1 unspecified atom stereocenters. The Morgan fingerprint density at radius 3 is 2.62 bits per heavy atom. The van der Waals surface area contributed by atoms with Crippen LogP contribution in [0.4, 0.5) is 0 Å². The summed E-state index contributed by atoms with van der Waals surface area (Å²) < 4.78 is 3.62. The highest BCUT2D eigenvalue weighted by Crippen LogP contribution is 2.38. The number of benzene rings is 1. The first-order valence-corrected chi connectivity index (χ1v) is 8.70. The molecule has 114 valence electrons. The zero-order chi connectivity index (χ0) is 15.2. The molecule has 1 N–H and O–H groups in total. The van der Waals surface area contributed by atoms with Crippen LogP contribution in [0.25, 0.3) is 10.9 Å². The third-order valence-corrected chi connectivity index (χ3v) is 5.52. The first-order chi connectivity index (χ1) is 9.89. The van der Waals surface area contributed by atoms with Gasteiger partial charge in [-0.15, -0.1) is 0 Å². The lowest BCUT2D eigenvalue weighted by molar-refractivity contribution is 0.398. The van der Waals surface area contributed by atoms with Gasteiger partial charge in [0.25, 0.3) is 0 Å². The molecule has 0 aliphatic carbocycles. The molecule has 2 heterocycles. The van der Waals surface area contributed by atoms with E-state index in [9.17, 15) is 0 Å². The van der Waals surface area contributed by atoms with Gasteiger partial charge in [0, 0.05) is 34.2 Å². The fourth-order valence-electron chi connectivity index (χ4n) is 3.36. The van der Waals surface area contributed by atoms with Crippen molar-refractivity contribution in [2.24, 2.45) is 7.05 Å². The van der Waals surface area contributed by atoms with E-state index in [4.69, 9.17) is 0 Å². The number of piperidine rings is 1. The van der Waals surface area contributed by atoms with Crippen LogP contribution < -0.4 is 5.32 Å². The fourth-order valence-corrected chi connectivity index (χ4v) is 4.22. The number of hydrogen-bond acceptors (Lipinski definition) is 1. The molecule has 0 bridgehead atoms. The maximum atomic E-state index is 3.88. The lowest BCUT2D eigenvalue weighted by atomic mass is 9.86. The van der Waals surface area contributed by atoms with Crippen molar-refractivity contribution in [1.29, 1.82) is 0 Å². The van der Waals surface area contributed by atoms with Gasteiger partial charge in [-0.3, -0.25) is 0 Å². The second-order valence-electron chi connectivity index (χ2n) is 7.24. The molecule has 0 saturated carbocycles. The molecule has 21 heavy (non-hydrogen) atoms. The molecule has 0 amide bonds. The molecule has 1 atom stereocenters. The van der Waals surface area contributed by atoms with E-state index in [-0.39, 0.29) is 5.41 Å². The number of fused-ring (bicyclic) bond motifs is 1. The second-order valence-corrected chi connectivity index (χ2v) is 8.04. The molecule has 0 radical (unpaired) electrons. The average Bonchev–Trinajstić information content (AvgIpc) is 2.70. The topological polar surface area (TPSA) is 17.0 Å². The van der Waals surface area contributed by atoms with Crippen molar-refractivity contribution in [3.8, 4) is 0 Å². The van der Waals surface area contributed by atoms with Crippen molar-refractivity contribution >= 4 is 26.8 Å². The van der Waals surface area contributed by atoms with Gasteiger partial charge in [0.05, 0.1) is 0 Å². The number of nitrogens with one attached hydrogen (secondary N) is 1. The number of aryl methyl sites for hydroxylation is 1. The Balaban J connectivity index is 2.14. The lowest BCUT2D eigenvalue weighted by Gasteiger charge is -2.24. The van der Waals surface area contributed by atoms with Crippen LogP contribution in [0, 0.1) is 0 Å². The minimum absolute atomic E-state index is 0.187. The SMILES string of the molecule is Cn1c(C2CCCCN2)c(Br)c2cc(C(C)(C)C)ccc21. The summed E-state index contributed by atoms with van der Waals surface area (Å²) in [5, 5.41) is 5.01. The van der Waals surface area contributed by atoms with Gasteiger partial charge < -0.3 is 9.88 Å². The Labute approximate surface area is 136 Å². The summed E-state index contributed by atoms with van der Waals surface area (Å²) in [6.07, 6.45) is 3.85. The van der Waals surface area contributed by atoms with E-state index in [1.807, 2.05) is 0 Å². The van der Waals surface area contributed by atoms with Crippen LogP contribution >= 0.6 is 15.9 Å². The van der Waals surface area contributed by atoms with E-state index in [2.05, 4.69) is 71.8 Å². The monoisotopic (exact) mass is 348 g/mol. The Bertz CT molecular complexity index is 658. The van der Waals surface area contributed by atoms with Crippen LogP contribution in [-0.2, 0) is 12.5 Å². The van der Waals surface area contributed by atoms with Gasteiger partial charge in [0.2, 0.25) is 0 Å². The number of nitrogens with zero attached hydrogens (tertiary/aromatic N) is 1. The highest BCUT2D eigenvalue weighted by Gasteiger charge is 2.24. The van der Waals surface area contributed by atoms with Gasteiger partial charge in [-0.2, -0.15) is 0 Å². The minimum Gasteiger partial charge on any atom is -0.345 e. The first-order valence-electron chi connectivity index (χ1n) is 7.91. The van der Waals surface area contributed by atoms with Crippen molar-refractivity contribution < 1.29 is 0 Å². The number of halogens is 1. The van der Waals surface area contributed by atoms with Crippen LogP contribution in [-0.4, -0.2) is 11.1 Å². The van der Waals surface area contributed by atoms with Gasteiger partial charge in [-0.25, -0.2) is 0 Å². The molecule has 2 nitrogen and oxygen atoms in total. The normalized spacial score (nSPS) is 20.1. The molecule has 1 aromatic carbocycles. The van der Waals surface area contributed by atoms with Gasteiger partial charge in [0.1, 0.15) is 0 Å². The standard InChI is InChI=1S/C18H25BrN2/c1-18(2,3)12-8-9-15-13(11-12)16(19)17(21(15)4)14-7-5-6-10-20-14/h8-9,11,14,20H,5-7,10H2,1-4H3. The Morgan fingerprint density at radius 1 is 1.24 bits per heavy atom. The van der Waals surface area contributed by atoms with Crippen LogP contribution in [0.2, 0.25) is 0 Å². The predicted octanol–water partition coefficient (Wildman–Crippen LogP) is 5.05. The zero-order valence-electron chi connectivity index (χ0n) is 13.5. The van der Waals surface area contributed by atoms with Gasteiger partial charge in [0.15, 0.2) is 0 Å². The summed E-state index contributed by atoms with van der Waals surface area (Å²) in [5.74, 6) is 0. The van der Waals surface area contributed by atoms with E-state index >= 15 is 0 Å². The molecule has 1 aliphatic rings. The van der Waals surface area contributed by atoms with Crippen LogP contribution in [0.5, 0.6) is 0 Å². The highest BCUT2D eigenvalue weighted by atomic mass is 79.9. The molecule has 3 rings (SSSR count). The number of rotatable bonds is 1. The number of hydrogen-bond donors (Lipinski definition) is 1. The maximum absolute atomic E-state index is 3.88. The molecule has 3 heteroatoms. The van der Waals surface area contributed by atoms with Crippen LogP contribution in [0.15, 0.2) is 22.7 Å². The van der Waals surface area contributed by atoms with E-state index < -0.39 is 0 Å². The lowest BCUT2D eigenvalue weighted by Crippen LogP contribution is -2.28. The summed E-state index contributed by atoms with van der Waals surface area (Å²) in [5.41, 5.74) is 4.30. The van der Waals surface area contributed by atoms with E-state index in [0.717, 1.165) is 6.54 Å². The highest BCUT2D eigenvalue weighted by molar-refractivity contribution is 9.10. The van der Waals surface area contributed by atoms with E-state index in [0.29, 0.717) is 6.04 Å². The molecule has 1 aromatic heterocycles. The largest absolute Gasteiger partial charge is 0.345 e. The summed E-state index contributed by atoms with van der Waals surface area (Å²) in [4.78, 5) is 0. The third kappa shape index (κ3) is 2.66. The van der Waals surface area contributed by atoms with Crippen molar-refractivity contribution in [2.45, 2.75) is 51.5 Å². The summed E-state index contributed by atoms with van der Waals surface area (Å²) >= 11 is 3.88. The summed E-state index contributed by atoms with van der Waals surface area (Å²) in [6.45, 7) is 7.95. The molecule has 1 aliphatic heterocycles. The Kier molecular flexibility index (Phi) is 3.91. The molecule has 2 aromatic rings. The van der Waals surface area contributed by atoms with Crippen molar-refractivity contribution in [1.82, 2.24) is 9.88 Å². The Hall–Kier alpha value is -0.800. The maximum Gasteiger partial charge on any atom is 0.0499 e. The summed E-state index contributed by atoms with van der Waals surface area (Å²) in [7, 11) is 2.19. The van der Waals surface area contributed by atoms with Gasteiger partial charge in [-0.05, 0) is 58.4 Å². The number of aromatic nitrogens is 1. The van der Waals surface area contributed by atoms with Crippen molar-refractivity contribution in [3.63, 3.8) is 0 Å². The van der Waals surface area contributed by atoms with E-state index in [1.54, 1.807) is 0 Å². The predicted molar refractivity (Wildman–Crippen MR) is 93.9 cm³/mol. The first kappa shape index (κ1) is 15.1. The third-order valence-electron chi connectivity index (χ3n) is 4.69. The second kappa shape index (κ2) is 5.44. The summed E-state index contributed by atoms with van der Waals surface area (Å²) in [6, 6.07) is 7.37. The molecular formula is C18H25BrN2. The van der Waals surface area contributed by atoms with Crippen LogP contribution in [0.1, 0.15) is 57.3 Å². The van der Waals surface area contributed by atoms with Gasteiger partial charge >= 0.3 is 0 Å². The van der Waals surface area contributed by atoms with Gasteiger partial charge in [-0.1, -0.05) is 33.3 Å². The van der Waals surface area contributed by atoms with E-state index in [1.165, 1.54) is 45.9 Å². The quantitative estimate of drug-likeness (QED) is 0.762. The molecular weight excluding hydrogens is 324 g/mol. The smallest absolute Gasteiger partial charge is 0.0499 e. The average molecular weight is 349 g/mol. The van der Waals surface area contributed by atoms with Crippen molar-refractivity contribution in [2.75, 3.05) is 6.54 Å². The van der Waals surface area contributed by atoms with Crippen molar-refractivity contribution in [3.05, 3.63) is 33.9 Å². The Morgan fingerprint density at radius 2 is 2.00 bits per heavy atom. The minimum atomic E-state index is 0.187. The molecule has 1 saturated heterocycles.